The number of nitrogens with two attached hydrogens (primary N) is 1. The van der Waals surface area contributed by atoms with Crippen molar-refractivity contribution >= 4 is 11.6 Å². The molecule has 4 nitrogen and oxygen atoms in total. The molecule has 1 heterocycles. The lowest BCUT2D eigenvalue weighted by atomic mass is 10.2. The summed E-state index contributed by atoms with van der Waals surface area (Å²) in [7, 11) is 0. The Balaban J connectivity index is 3.08. The molecule has 0 spiro atoms. The second-order valence-corrected chi connectivity index (χ2v) is 3.61. The number of rotatable bonds is 3. The molecule has 13 heavy (non-hydrogen) atoms. The van der Waals surface area contributed by atoms with Gasteiger partial charge in [0, 0.05) is 6.04 Å². The second kappa shape index (κ2) is 4.09. The summed E-state index contributed by atoms with van der Waals surface area (Å²) in [6.45, 7) is 3.84. The van der Waals surface area contributed by atoms with Gasteiger partial charge in [-0.15, -0.1) is 0 Å². The molecule has 1 aromatic rings. The number of aliphatic hydroxyl groups excluding tert-OH is 1. The Kier molecular flexibility index (Phi) is 3.30. The van der Waals surface area contributed by atoms with Gasteiger partial charge in [0.05, 0.1) is 29.6 Å². The summed E-state index contributed by atoms with van der Waals surface area (Å²) in [6.07, 6.45) is 1.55. The first-order chi connectivity index (χ1) is 6.07. The van der Waals surface area contributed by atoms with Crippen molar-refractivity contribution in [1.29, 1.82) is 0 Å². The fraction of sp³-hybridized carbons (Fsp3) is 0.625. The Morgan fingerprint density at radius 1 is 1.69 bits per heavy atom. The first kappa shape index (κ1) is 10.5. The summed E-state index contributed by atoms with van der Waals surface area (Å²) in [4.78, 5) is 0. The molecule has 0 saturated heterocycles. The second-order valence-electron chi connectivity index (χ2n) is 3.21. The number of halogens is 1. The average molecular weight is 204 g/mol. The van der Waals surface area contributed by atoms with Gasteiger partial charge in [0.25, 0.3) is 0 Å². The number of aliphatic hydroxyl groups is 1. The third kappa shape index (κ3) is 2.02. The molecule has 0 saturated carbocycles. The molecule has 1 aromatic heterocycles. The molecule has 0 amide bonds. The van der Waals surface area contributed by atoms with Crippen LogP contribution in [0, 0.1) is 0 Å². The smallest absolute Gasteiger partial charge is 0.0835 e. The lowest BCUT2D eigenvalue weighted by Gasteiger charge is -2.15. The van der Waals surface area contributed by atoms with Crippen molar-refractivity contribution in [2.45, 2.75) is 25.9 Å². The monoisotopic (exact) mass is 203 g/mol. The van der Waals surface area contributed by atoms with E-state index >= 15 is 0 Å². The van der Waals surface area contributed by atoms with Gasteiger partial charge >= 0.3 is 0 Å². The normalized spacial score (nSPS) is 13.7. The van der Waals surface area contributed by atoms with Gasteiger partial charge in [-0.05, 0) is 13.8 Å². The molecule has 0 fully saturated rings. The highest BCUT2D eigenvalue weighted by Gasteiger charge is 2.17. The van der Waals surface area contributed by atoms with Crippen molar-refractivity contribution in [3.63, 3.8) is 0 Å². The van der Waals surface area contributed by atoms with Crippen LogP contribution in [0.15, 0.2) is 6.20 Å². The Morgan fingerprint density at radius 3 is 2.77 bits per heavy atom. The van der Waals surface area contributed by atoms with Gasteiger partial charge in [-0.25, -0.2) is 0 Å². The Labute approximate surface area is 82.3 Å². The predicted molar refractivity (Wildman–Crippen MR) is 51.6 cm³/mol. The van der Waals surface area contributed by atoms with E-state index in [1.54, 1.807) is 10.9 Å². The average Bonchev–Trinajstić information content (AvgIpc) is 2.46. The van der Waals surface area contributed by atoms with Crippen LogP contribution in [0.3, 0.4) is 0 Å². The van der Waals surface area contributed by atoms with Crippen LogP contribution in [0.5, 0.6) is 0 Å². The highest BCUT2D eigenvalue weighted by Crippen LogP contribution is 2.23. The maximum atomic E-state index is 8.91. The van der Waals surface area contributed by atoms with E-state index in [0.717, 1.165) is 0 Å². The minimum Gasteiger partial charge on any atom is -0.394 e. The van der Waals surface area contributed by atoms with E-state index in [9.17, 15) is 0 Å². The van der Waals surface area contributed by atoms with E-state index in [0.29, 0.717) is 10.7 Å². The van der Waals surface area contributed by atoms with Crippen molar-refractivity contribution in [1.82, 2.24) is 9.78 Å². The van der Waals surface area contributed by atoms with Crippen LogP contribution in [0.4, 0.5) is 0 Å². The van der Waals surface area contributed by atoms with Crippen LogP contribution >= 0.6 is 11.6 Å². The van der Waals surface area contributed by atoms with Crippen molar-refractivity contribution < 1.29 is 5.11 Å². The standard InChI is InChI=1S/C8H14ClN3O/c1-5(2)12-8(7(10)4-13)6(9)3-11-12/h3,5,7,13H,4,10H2,1-2H3. The SMILES string of the molecule is CC(C)n1ncc(Cl)c1C(N)CO. The van der Waals surface area contributed by atoms with Crippen LogP contribution in [-0.2, 0) is 0 Å². The van der Waals surface area contributed by atoms with Gasteiger partial charge in [-0.3, -0.25) is 4.68 Å². The van der Waals surface area contributed by atoms with Gasteiger partial charge in [-0.2, -0.15) is 5.10 Å². The van der Waals surface area contributed by atoms with Gasteiger partial charge < -0.3 is 10.8 Å². The topological polar surface area (TPSA) is 64.1 Å². The minimum atomic E-state index is -0.461. The van der Waals surface area contributed by atoms with Gasteiger partial charge in [0.2, 0.25) is 0 Å². The molecular weight excluding hydrogens is 190 g/mol. The Morgan fingerprint density at radius 2 is 2.31 bits per heavy atom. The van der Waals surface area contributed by atoms with Gasteiger partial charge in [0.1, 0.15) is 0 Å². The van der Waals surface area contributed by atoms with Crippen molar-refractivity contribution in [2.24, 2.45) is 5.73 Å². The lowest BCUT2D eigenvalue weighted by molar-refractivity contribution is 0.260. The van der Waals surface area contributed by atoms with E-state index in [1.165, 1.54) is 0 Å². The zero-order valence-corrected chi connectivity index (χ0v) is 8.49. The Bertz CT molecular complexity index is 285. The third-order valence-electron chi connectivity index (χ3n) is 1.82. The molecule has 3 N–H and O–H groups in total. The Hall–Kier alpha value is -0.580. The number of aromatic nitrogens is 2. The molecule has 0 aliphatic heterocycles. The minimum absolute atomic E-state index is 0.127. The van der Waals surface area contributed by atoms with E-state index in [2.05, 4.69) is 5.10 Å². The van der Waals surface area contributed by atoms with Crippen molar-refractivity contribution in [2.75, 3.05) is 6.61 Å². The first-order valence-electron chi connectivity index (χ1n) is 4.17. The largest absolute Gasteiger partial charge is 0.394 e. The fourth-order valence-corrected chi connectivity index (χ4v) is 1.47. The molecule has 0 aliphatic rings. The van der Waals surface area contributed by atoms with Gasteiger partial charge in [0.15, 0.2) is 0 Å². The highest BCUT2D eigenvalue weighted by atomic mass is 35.5. The van der Waals surface area contributed by atoms with Crippen LogP contribution in [0.25, 0.3) is 0 Å². The summed E-state index contributed by atoms with van der Waals surface area (Å²) >= 11 is 5.89. The number of hydrogen-bond donors (Lipinski definition) is 2. The molecule has 0 aliphatic carbocycles. The zero-order chi connectivity index (χ0) is 10.0. The first-order valence-corrected chi connectivity index (χ1v) is 4.55. The third-order valence-corrected chi connectivity index (χ3v) is 2.12. The summed E-state index contributed by atoms with van der Waals surface area (Å²) in [5, 5.41) is 13.5. The summed E-state index contributed by atoms with van der Waals surface area (Å²) in [5.74, 6) is 0. The molecular formula is C8H14ClN3O. The summed E-state index contributed by atoms with van der Waals surface area (Å²) < 4.78 is 1.73. The highest BCUT2D eigenvalue weighted by molar-refractivity contribution is 6.31. The van der Waals surface area contributed by atoms with E-state index in [-0.39, 0.29) is 12.6 Å². The molecule has 74 valence electrons. The molecule has 0 aromatic carbocycles. The molecule has 1 unspecified atom stereocenters. The predicted octanol–water partition coefficient (Wildman–Crippen LogP) is 1.11. The maximum absolute atomic E-state index is 8.91. The number of nitrogens with zero attached hydrogens (tertiary/aromatic N) is 2. The van der Waals surface area contributed by atoms with Crippen LogP contribution in [0.2, 0.25) is 5.02 Å². The van der Waals surface area contributed by atoms with Gasteiger partial charge in [-0.1, -0.05) is 11.6 Å². The zero-order valence-electron chi connectivity index (χ0n) is 7.74. The molecule has 1 atom stereocenters. The molecule has 5 heteroatoms. The van der Waals surface area contributed by atoms with Crippen LogP contribution < -0.4 is 5.73 Å². The maximum Gasteiger partial charge on any atom is 0.0835 e. The van der Waals surface area contributed by atoms with Crippen LogP contribution in [0.1, 0.15) is 31.6 Å². The van der Waals surface area contributed by atoms with Crippen molar-refractivity contribution in [3.05, 3.63) is 16.9 Å². The van der Waals surface area contributed by atoms with E-state index < -0.39 is 6.04 Å². The number of hydrogen-bond acceptors (Lipinski definition) is 3. The summed E-state index contributed by atoms with van der Waals surface area (Å²) in [5.41, 5.74) is 6.38. The fourth-order valence-electron chi connectivity index (χ4n) is 1.20. The summed E-state index contributed by atoms with van der Waals surface area (Å²) in [6, 6.07) is -0.266. The molecule has 0 radical (unpaired) electrons. The van der Waals surface area contributed by atoms with E-state index in [1.807, 2.05) is 13.8 Å². The lowest BCUT2D eigenvalue weighted by Crippen LogP contribution is -2.20. The van der Waals surface area contributed by atoms with Crippen LogP contribution in [-0.4, -0.2) is 21.5 Å². The molecule has 1 rings (SSSR count). The quantitative estimate of drug-likeness (QED) is 0.774. The van der Waals surface area contributed by atoms with Crippen molar-refractivity contribution in [3.8, 4) is 0 Å². The van der Waals surface area contributed by atoms with E-state index in [4.69, 9.17) is 22.4 Å². The molecule has 0 bridgehead atoms.